The van der Waals surface area contributed by atoms with Gasteiger partial charge in [-0.3, -0.25) is 9.78 Å². The zero-order valence-electron chi connectivity index (χ0n) is 16.8. The summed E-state index contributed by atoms with van der Waals surface area (Å²) in [6.07, 6.45) is 3.45. The van der Waals surface area contributed by atoms with Crippen LogP contribution in [0.15, 0.2) is 35.7 Å². The van der Waals surface area contributed by atoms with E-state index in [1.807, 2.05) is 43.7 Å². The second-order valence-corrected chi connectivity index (χ2v) is 7.71. The molecule has 0 saturated heterocycles. The van der Waals surface area contributed by atoms with Gasteiger partial charge in [0.2, 0.25) is 0 Å². The molecule has 28 heavy (non-hydrogen) atoms. The summed E-state index contributed by atoms with van der Waals surface area (Å²) >= 11 is 1.40. The van der Waals surface area contributed by atoms with Crippen molar-refractivity contribution in [3.63, 3.8) is 0 Å². The van der Waals surface area contributed by atoms with Gasteiger partial charge in [0.1, 0.15) is 0 Å². The van der Waals surface area contributed by atoms with Gasteiger partial charge in [0, 0.05) is 49.1 Å². The summed E-state index contributed by atoms with van der Waals surface area (Å²) < 4.78 is 9.32. The molecule has 3 rings (SSSR count). The van der Waals surface area contributed by atoms with E-state index in [-0.39, 0.29) is 11.8 Å². The van der Waals surface area contributed by atoms with Crippen molar-refractivity contribution in [2.24, 2.45) is 7.05 Å². The first-order valence-electron chi connectivity index (χ1n) is 9.07. The minimum atomic E-state index is 0.0856. The van der Waals surface area contributed by atoms with Crippen molar-refractivity contribution >= 4 is 17.5 Å². The second-order valence-electron chi connectivity index (χ2n) is 6.77. The molecule has 0 aromatic carbocycles. The van der Waals surface area contributed by atoms with Crippen LogP contribution in [0.25, 0.3) is 11.4 Å². The maximum atomic E-state index is 12.8. The Balaban J connectivity index is 1.73. The van der Waals surface area contributed by atoms with Crippen LogP contribution in [-0.4, -0.2) is 49.6 Å². The van der Waals surface area contributed by atoms with Gasteiger partial charge in [-0.05, 0) is 39.0 Å². The van der Waals surface area contributed by atoms with Crippen molar-refractivity contribution < 1.29 is 9.53 Å². The van der Waals surface area contributed by atoms with Gasteiger partial charge in [0.25, 0.3) is 0 Å². The van der Waals surface area contributed by atoms with E-state index in [9.17, 15) is 4.79 Å². The molecular formula is C20H25N5O2S. The SMILES string of the molecule is COC[C@@H](C)n1c(C)cc(C(=O)CSc2nnc(-c3ccncc3)n2C)c1C. The molecule has 3 aromatic heterocycles. The van der Waals surface area contributed by atoms with Crippen LogP contribution in [0.5, 0.6) is 0 Å². The molecule has 0 fully saturated rings. The highest BCUT2D eigenvalue weighted by Crippen LogP contribution is 2.25. The van der Waals surface area contributed by atoms with Crippen LogP contribution in [0.1, 0.15) is 34.7 Å². The number of rotatable bonds is 8. The van der Waals surface area contributed by atoms with Crippen LogP contribution >= 0.6 is 11.8 Å². The number of hydrogen-bond acceptors (Lipinski definition) is 6. The fourth-order valence-corrected chi connectivity index (χ4v) is 4.25. The highest BCUT2D eigenvalue weighted by molar-refractivity contribution is 7.99. The quantitative estimate of drug-likeness (QED) is 0.426. The van der Waals surface area contributed by atoms with Gasteiger partial charge in [-0.15, -0.1) is 10.2 Å². The van der Waals surface area contributed by atoms with Crippen LogP contribution in [0.3, 0.4) is 0 Å². The number of methoxy groups -OCH3 is 1. The third kappa shape index (κ3) is 4.02. The molecule has 8 heteroatoms. The molecule has 7 nitrogen and oxygen atoms in total. The van der Waals surface area contributed by atoms with Gasteiger partial charge >= 0.3 is 0 Å². The molecule has 0 aliphatic carbocycles. The van der Waals surface area contributed by atoms with Crippen molar-refractivity contribution in [3.8, 4) is 11.4 Å². The van der Waals surface area contributed by atoms with Crippen LogP contribution in [0.2, 0.25) is 0 Å². The molecule has 1 atom stereocenters. The minimum Gasteiger partial charge on any atom is -0.383 e. The first kappa shape index (κ1) is 20.3. The largest absolute Gasteiger partial charge is 0.383 e. The number of pyridine rings is 1. The first-order chi connectivity index (χ1) is 13.4. The molecule has 0 amide bonds. The standard InChI is InChI=1S/C20H25N5O2S/c1-13-10-17(15(3)25(13)14(2)11-27-5)18(26)12-28-20-23-22-19(24(20)4)16-6-8-21-9-7-16/h6-10,14H,11-12H2,1-5H3/t14-/m1/s1. The fourth-order valence-electron chi connectivity index (χ4n) is 3.45. The molecule has 0 aliphatic heterocycles. The van der Waals surface area contributed by atoms with E-state index in [2.05, 4.69) is 26.7 Å². The zero-order chi connectivity index (χ0) is 20.3. The molecule has 0 bridgehead atoms. The van der Waals surface area contributed by atoms with Crippen LogP contribution in [0, 0.1) is 13.8 Å². The summed E-state index contributed by atoms with van der Waals surface area (Å²) in [5, 5.41) is 9.20. The summed E-state index contributed by atoms with van der Waals surface area (Å²) in [6, 6.07) is 5.92. The van der Waals surface area contributed by atoms with Crippen LogP contribution < -0.4 is 0 Å². The highest BCUT2D eigenvalue weighted by atomic mass is 32.2. The number of Topliss-reactive ketones (excluding diaryl/α,β-unsaturated/α-hetero) is 1. The summed E-state index contributed by atoms with van der Waals surface area (Å²) in [7, 11) is 3.59. The topological polar surface area (TPSA) is 74.8 Å². The average molecular weight is 400 g/mol. The summed E-state index contributed by atoms with van der Waals surface area (Å²) in [5.74, 6) is 1.15. The lowest BCUT2D eigenvalue weighted by atomic mass is 10.2. The zero-order valence-corrected chi connectivity index (χ0v) is 17.7. The number of ketones is 1. The first-order valence-corrected chi connectivity index (χ1v) is 10.1. The van der Waals surface area contributed by atoms with Crippen molar-refractivity contribution in [3.05, 3.63) is 47.5 Å². The maximum Gasteiger partial charge on any atom is 0.191 e. The number of hydrogen-bond donors (Lipinski definition) is 0. The molecule has 3 heterocycles. The van der Waals surface area contributed by atoms with Gasteiger partial charge in [-0.25, -0.2) is 0 Å². The molecule has 0 radical (unpaired) electrons. The molecule has 0 N–H and O–H groups in total. The summed E-state index contributed by atoms with van der Waals surface area (Å²) in [6.45, 7) is 6.70. The predicted octanol–water partition coefficient (Wildman–Crippen LogP) is 3.48. The van der Waals surface area contributed by atoms with E-state index in [0.717, 1.165) is 28.3 Å². The lowest BCUT2D eigenvalue weighted by Crippen LogP contribution is -2.14. The number of thioether (sulfide) groups is 1. The van der Waals surface area contributed by atoms with Gasteiger partial charge in [0.05, 0.1) is 18.4 Å². The van der Waals surface area contributed by atoms with Crippen molar-refractivity contribution in [2.45, 2.75) is 32.0 Å². The maximum absolute atomic E-state index is 12.8. The van der Waals surface area contributed by atoms with E-state index in [1.165, 1.54) is 11.8 Å². The number of aromatic nitrogens is 5. The lowest BCUT2D eigenvalue weighted by Gasteiger charge is -2.17. The summed E-state index contributed by atoms with van der Waals surface area (Å²) in [5.41, 5.74) is 3.74. The number of carbonyl (C=O) groups excluding carboxylic acids is 1. The fraction of sp³-hybridized carbons (Fsp3) is 0.400. The van der Waals surface area contributed by atoms with E-state index >= 15 is 0 Å². The third-order valence-electron chi connectivity index (χ3n) is 4.74. The Morgan fingerprint density at radius 1 is 1.25 bits per heavy atom. The Morgan fingerprint density at radius 2 is 1.96 bits per heavy atom. The Hall–Kier alpha value is -2.45. The Kier molecular flexibility index (Phi) is 6.31. The van der Waals surface area contributed by atoms with E-state index in [4.69, 9.17) is 4.74 Å². The van der Waals surface area contributed by atoms with Gasteiger partial charge in [0.15, 0.2) is 16.8 Å². The van der Waals surface area contributed by atoms with E-state index in [0.29, 0.717) is 17.5 Å². The highest BCUT2D eigenvalue weighted by Gasteiger charge is 2.20. The van der Waals surface area contributed by atoms with Crippen molar-refractivity contribution in [1.29, 1.82) is 0 Å². The number of nitrogens with zero attached hydrogens (tertiary/aromatic N) is 5. The summed E-state index contributed by atoms with van der Waals surface area (Å²) in [4.78, 5) is 16.9. The van der Waals surface area contributed by atoms with Gasteiger partial charge < -0.3 is 13.9 Å². The molecule has 0 aliphatic rings. The Labute approximate surface area is 169 Å². The molecule has 0 unspecified atom stereocenters. The molecule has 0 spiro atoms. The number of carbonyl (C=O) groups is 1. The average Bonchev–Trinajstić information content (AvgIpc) is 3.20. The second kappa shape index (κ2) is 8.70. The van der Waals surface area contributed by atoms with Crippen molar-refractivity contribution in [2.75, 3.05) is 19.5 Å². The van der Waals surface area contributed by atoms with Gasteiger partial charge in [-0.1, -0.05) is 11.8 Å². The molecule has 148 valence electrons. The van der Waals surface area contributed by atoms with Gasteiger partial charge in [-0.2, -0.15) is 0 Å². The smallest absolute Gasteiger partial charge is 0.191 e. The predicted molar refractivity (Wildman–Crippen MR) is 110 cm³/mol. The van der Waals surface area contributed by atoms with E-state index < -0.39 is 0 Å². The Bertz CT molecular complexity index is 965. The third-order valence-corrected chi connectivity index (χ3v) is 5.76. The molecular weight excluding hydrogens is 374 g/mol. The molecule has 0 saturated carbocycles. The van der Waals surface area contributed by atoms with E-state index in [1.54, 1.807) is 19.5 Å². The normalized spacial score (nSPS) is 12.3. The monoisotopic (exact) mass is 399 g/mol. The minimum absolute atomic E-state index is 0.0856. The lowest BCUT2D eigenvalue weighted by molar-refractivity contribution is 0.102. The Morgan fingerprint density at radius 3 is 2.64 bits per heavy atom. The number of aryl methyl sites for hydroxylation is 1. The van der Waals surface area contributed by atoms with Crippen LogP contribution in [0.4, 0.5) is 0 Å². The molecule has 3 aromatic rings. The number of ether oxygens (including phenoxy) is 1. The van der Waals surface area contributed by atoms with Crippen LogP contribution in [-0.2, 0) is 11.8 Å². The van der Waals surface area contributed by atoms with Crippen molar-refractivity contribution in [1.82, 2.24) is 24.3 Å².